The van der Waals surface area contributed by atoms with Gasteiger partial charge in [-0.05, 0) is 30.6 Å². The van der Waals surface area contributed by atoms with E-state index in [9.17, 15) is 9.90 Å². The first-order chi connectivity index (χ1) is 7.82. The van der Waals surface area contributed by atoms with Crippen LogP contribution >= 0.6 is 0 Å². The zero-order chi connectivity index (χ0) is 13.2. The quantitative estimate of drug-likeness (QED) is 0.774. The highest BCUT2D eigenvalue weighted by molar-refractivity contribution is 5.74. The lowest BCUT2D eigenvalue weighted by Crippen LogP contribution is -2.53. The number of aliphatic hydroxyl groups is 1. The largest absolute Gasteiger partial charge is 0.469 e. The summed E-state index contributed by atoms with van der Waals surface area (Å²) in [6, 6.07) is 0. The zero-order valence-electron chi connectivity index (χ0n) is 11.7. The Labute approximate surface area is 105 Å². The molecule has 0 aromatic rings. The number of hydrogen-bond donors (Lipinski definition) is 1. The normalized spacial score (nSPS) is 35.7. The molecule has 17 heavy (non-hydrogen) atoms. The van der Waals surface area contributed by atoms with Crippen molar-refractivity contribution < 1.29 is 14.6 Å². The first-order valence-corrected chi connectivity index (χ1v) is 6.63. The van der Waals surface area contributed by atoms with Gasteiger partial charge in [0.05, 0.1) is 18.6 Å². The molecule has 0 bridgehead atoms. The van der Waals surface area contributed by atoms with E-state index in [1.165, 1.54) is 7.11 Å². The van der Waals surface area contributed by atoms with Crippen LogP contribution in [0.25, 0.3) is 0 Å². The maximum absolute atomic E-state index is 11.9. The number of carbonyl (C=O) groups is 1. The highest BCUT2D eigenvalue weighted by Crippen LogP contribution is 2.44. The first-order valence-electron chi connectivity index (χ1n) is 6.63. The van der Waals surface area contributed by atoms with Gasteiger partial charge in [0.1, 0.15) is 0 Å². The Bertz CT molecular complexity index is 275. The number of ether oxygens (including phenoxy) is 1. The van der Waals surface area contributed by atoms with E-state index in [0.29, 0.717) is 12.3 Å². The molecule has 100 valence electrons. The number of rotatable bonds is 3. The van der Waals surface area contributed by atoms with Gasteiger partial charge in [0.15, 0.2) is 0 Å². The molecule has 0 aliphatic heterocycles. The zero-order valence-corrected chi connectivity index (χ0v) is 11.7. The van der Waals surface area contributed by atoms with Crippen molar-refractivity contribution in [3.63, 3.8) is 0 Å². The lowest BCUT2D eigenvalue weighted by Gasteiger charge is -2.46. The molecule has 0 aromatic heterocycles. The molecule has 0 spiro atoms. The molecule has 0 saturated heterocycles. The highest BCUT2D eigenvalue weighted by Gasteiger charge is 2.49. The summed E-state index contributed by atoms with van der Waals surface area (Å²) in [4.78, 5) is 11.9. The number of esters is 1. The second-order valence-electron chi connectivity index (χ2n) is 6.02. The van der Waals surface area contributed by atoms with E-state index in [-0.39, 0.29) is 17.8 Å². The maximum atomic E-state index is 11.9. The van der Waals surface area contributed by atoms with Crippen LogP contribution in [0.3, 0.4) is 0 Å². The van der Waals surface area contributed by atoms with Gasteiger partial charge in [-0.15, -0.1) is 0 Å². The van der Waals surface area contributed by atoms with E-state index < -0.39 is 11.5 Å². The highest BCUT2D eigenvalue weighted by atomic mass is 16.5. The second-order valence-corrected chi connectivity index (χ2v) is 6.02. The van der Waals surface area contributed by atoms with E-state index in [1.807, 2.05) is 20.8 Å². The lowest BCUT2D eigenvalue weighted by molar-refractivity contribution is -0.171. The molecular formula is C14H26O3. The minimum Gasteiger partial charge on any atom is -0.469 e. The minimum atomic E-state index is -0.904. The van der Waals surface area contributed by atoms with Crippen LogP contribution in [0.15, 0.2) is 0 Å². The molecule has 1 N–H and O–H groups in total. The molecule has 0 aromatic carbocycles. The van der Waals surface area contributed by atoms with E-state index in [1.54, 1.807) is 0 Å². The minimum absolute atomic E-state index is 0.0974. The molecule has 3 heteroatoms. The molecule has 4 unspecified atom stereocenters. The molecule has 1 rings (SSSR count). The fraction of sp³-hybridized carbons (Fsp3) is 0.929. The smallest absolute Gasteiger partial charge is 0.311 e. The van der Waals surface area contributed by atoms with Crippen LogP contribution < -0.4 is 0 Å². The van der Waals surface area contributed by atoms with Crippen LogP contribution in [-0.4, -0.2) is 23.8 Å². The van der Waals surface area contributed by atoms with E-state index >= 15 is 0 Å². The summed E-state index contributed by atoms with van der Waals surface area (Å²) in [5.41, 5.74) is -0.904. The molecule has 0 heterocycles. The van der Waals surface area contributed by atoms with Gasteiger partial charge in [0.25, 0.3) is 0 Å². The molecule has 3 nitrogen and oxygen atoms in total. The Morgan fingerprint density at radius 2 is 1.94 bits per heavy atom. The molecule has 1 aliphatic rings. The Kier molecular flexibility index (Phi) is 4.59. The average molecular weight is 242 g/mol. The first kappa shape index (κ1) is 14.5. The van der Waals surface area contributed by atoms with Gasteiger partial charge in [0.2, 0.25) is 0 Å². The average Bonchev–Trinajstić information content (AvgIpc) is 2.23. The summed E-state index contributed by atoms with van der Waals surface area (Å²) in [5, 5.41) is 10.9. The summed E-state index contributed by atoms with van der Waals surface area (Å²) >= 11 is 0. The van der Waals surface area contributed by atoms with E-state index in [2.05, 4.69) is 6.92 Å². The Morgan fingerprint density at radius 1 is 1.35 bits per heavy atom. The Morgan fingerprint density at radius 3 is 2.41 bits per heavy atom. The van der Waals surface area contributed by atoms with Gasteiger partial charge in [-0.1, -0.05) is 34.1 Å². The number of hydrogen-bond acceptors (Lipinski definition) is 3. The van der Waals surface area contributed by atoms with Crippen molar-refractivity contribution >= 4 is 5.97 Å². The number of methoxy groups -OCH3 is 1. The second kappa shape index (κ2) is 5.38. The monoisotopic (exact) mass is 242 g/mol. The van der Waals surface area contributed by atoms with Gasteiger partial charge in [-0.2, -0.15) is 0 Å². The third kappa shape index (κ3) is 2.82. The van der Waals surface area contributed by atoms with Crippen LogP contribution in [0.1, 0.15) is 47.0 Å². The van der Waals surface area contributed by atoms with Crippen LogP contribution in [0, 0.1) is 23.7 Å². The Balaban J connectivity index is 3.00. The van der Waals surface area contributed by atoms with Crippen LogP contribution in [0.2, 0.25) is 0 Å². The van der Waals surface area contributed by atoms with Crippen LogP contribution in [0.5, 0.6) is 0 Å². The van der Waals surface area contributed by atoms with E-state index in [4.69, 9.17) is 4.74 Å². The molecule has 1 saturated carbocycles. The van der Waals surface area contributed by atoms with Crippen molar-refractivity contribution in [2.24, 2.45) is 23.7 Å². The van der Waals surface area contributed by atoms with Crippen LogP contribution in [-0.2, 0) is 9.53 Å². The van der Waals surface area contributed by atoms with Crippen molar-refractivity contribution in [2.45, 2.75) is 52.6 Å². The van der Waals surface area contributed by atoms with Crippen LogP contribution in [0.4, 0.5) is 0 Å². The standard InChI is InChI=1S/C14H26O3/c1-9(2)12(13(15)17-5)14(16)8-10(3)6-7-11(14)4/h9-12,16H,6-8H2,1-5H3. The predicted octanol–water partition coefficient (Wildman–Crippen LogP) is 2.62. The van der Waals surface area contributed by atoms with Gasteiger partial charge in [0, 0.05) is 0 Å². The third-order valence-corrected chi connectivity index (χ3v) is 4.28. The molecule has 0 amide bonds. The fourth-order valence-corrected chi connectivity index (χ4v) is 3.26. The van der Waals surface area contributed by atoms with E-state index in [0.717, 1.165) is 12.8 Å². The Hall–Kier alpha value is -0.570. The topological polar surface area (TPSA) is 46.5 Å². The van der Waals surface area contributed by atoms with Gasteiger partial charge in [-0.3, -0.25) is 4.79 Å². The summed E-state index contributed by atoms with van der Waals surface area (Å²) in [5.74, 6) is 0.0428. The van der Waals surface area contributed by atoms with Crippen molar-refractivity contribution in [1.82, 2.24) is 0 Å². The predicted molar refractivity (Wildman–Crippen MR) is 67.5 cm³/mol. The maximum Gasteiger partial charge on any atom is 0.311 e. The van der Waals surface area contributed by atoms with Crippen molar-refractivity contribution in [3.8, 4) is 0 Å². The summed E-state index contributed by atoms with van der Waals surface area (Å²) < 4.78 is 4.88. The lowest BCUT2D eigenvalue weighted by atomic mass is 9.63. The summed E-state index contributed by atoms with van der Waals surface area (Å²) in [7, 11) is 1.40. The molecule has 1 aliphatic carbocycles. The van der Waals surface area contributed by atoms with Crippen molar-refractivity contribution in [2.75, 3.05) is 7.11 Å². The third-order valence-electron chi connectivity index (χ3n) is 4.28. The molecular weight excluding hydrogens is 216 g/mol. The van der Waals surface area contributed by atoms with Crippen molar-refractivity contribution in [1.29, 1.82) is 0 Å². The SMILES string of the molecule is COC(=O)C(C(C)C)C1(O)CC(C)CCC1C. The fourth-order valence-electron chi connectivity index (χ4n) is 3.26. The summed E-state index contributed by atoms with van der Waals surface area (Å²) in [6.07, 6.45) is 2.82. The van der Waals surface area contributed by atoms with Crippen molar-refractivity contribution in [3.05, 3.63) is 0 Å². The van der Waals surface area contributed by atoms with Gasteiger partial charge < -0.3 is 9.84 Å². The van der Waals surface area contributed by atoms with Gasteiger partial charge in [-0.25, -0.2) is 0 Å². The number of carbonyl (C=O) groups excluding carboxylic acids is 1. The molecule has 1 fully saturated rings. The van der Waals surface area contributed by atoms with Gasteiger partial charge >= 0.3 is 5.97 Å². The molecule has 4 atom stereocenters. The molecule has 0 radical (unpaired) electrons. The summed E-state index contributed by atoms with van der Waals surface area (Å²) in [6.45, 7) is 8.15.